The van der Waals surface area contributed by atoms with Crippen LogP contribution >= 0.6 is 0 Å². The SMILES string of the molecule is COc1ccc(S(=O)(=O)NCC2CCC(C(=O)N[C@@H](C)C(=O)NCCO)CC2)cc1. The summed E-state index contributed by atoms with van der Waals surface area (Å²) in [6.45, 7) is 1.92. The van der Waals surface area contributed by atoms with Crippen LogP contribution in [-0.2, 0) is 19.6 Å². The number of carbonyl (C=O) groups is 2. The minimum Gasteiger partial charge on any atom is -0.497 e. The van der Waals surface area contributed by atoms with Crippen molar-refractivity contribution in [2.24, 2.45) is 11.8 Å². The smallest absolute Gasteiger partial charge is 0.242 e. The second-order valence-corrected chi connectivity index (χ2v) is 9.26. The van der Waals surface area contributed by atoms with Crippen molar-refractivity contribution < 1.29 is 27.9 Å². The summed E-state index contributed by atoms with van der Waals surface area (Å²) < 4.78 is 32.6. The lowest BCUT2D eigenvalue weighted by Gasteiger charge is -2.28. The molecule has 0 aliphatic heterocycles. The molecule has 1 aromatic carbocycles. The number of hydrogen-bond donors (Lipinski definition) is 4. The molecule has 0 spiro atoms. The van der Waals surface area contributed by atoms with Crippen molar-refractivity contribution >= 4 is 21.8 Å². The van der Waals surface area contributed by atoms with Crippen LogP contribution in [0.15, 0.2) is 29.2 Å². The molecule has 0 bridgehead atoms. The van der Waals surface area contributed by atoms with Gasteiger partial charge in [0.1, 0.15) is 11.8 Å². The molecule has 1 aliphatic rings. The number of amides is 2. The number of ether oxygens (including phenoxy) is 1. The van der Waals surface area contributed by atoms with Gasteiger partial charge in [-0.1, -0.05) is 0 Å². The van der Waals surface area contributed by atoms with Crippen molar-refractivity contribution in [2.75, 3.05) is 26.8 Å². The standard InChI is InChI=1S/C20H31N3O6S/c1-14(19(25)21-11-12-24)23-20(26)16-5-3-15(4-6-16)13-22-30(27,28)18-9-7-17(29-2)8-10-18/h7-10,14-16,22,24H,3-6,11-13H2,1-2H3,(H,21,25)(H,23,26)/t14-,15?,16?/m0/s1. The number of carbonyl (C=O) groups excluding carboxylic acids is 2. The van der Waals surface area contributed by atoms with Gasteiger partial charge in [-0.3, -0.25) is 9.59 Å². The highest BCUT2D eigenvalue weighted by atomic mass is 32.2. The van der Waals surface area contributed by atoms with E-state index in [4.69, 9.17) is 9.84 Å². The minimum absolute atomic E-state index is 0.149. The van der Waals surface area contributed by atoms with E-state index in [1.54, 1.807) is 19.1 Å². The Morgan fingerprint density at radius 3 is 2.37 bits per heavy atom. The molecule has 0 heterocycles. The van der Waals surface area contributed by atoms with Gasteiger partial charge in [0, 0.05) is 19.0 Å². The molecular weight excluding hydrogens is 410 g/mol. The fraction of sp³-hybridized carbons (Fsp3) is 0.600. The summed E-state index contributed by atoms with van der Waals surface area (Å²) >= 11 is 0. The van der Waals surface area contributed by atoms with Crippen molar-refractivity contribution in [3.8, 4) is 5.75 Å². The van der Waals surface area contributed by atoms with E-state index in [0.29, 0.717) is 25.1 Å². The summed E-state index contributed by atoms with van der Waals surface area (Å²) in [6.07, 6.45) is 2.75. The lowest BCUT2D eigenvalue weighted by molar-refractivity contribution is -0.131. The zero-order valence-electron chi connectivity index (χ0n) is 17.4. The first kappa shape index (κ1) is 24.1. The van der Waals surface area contributed by atoms with Gasteiger partial charge >= 0.3 is 0 Å². The van der Waals surface area contributed by atoms with Crippen LogP contribution in [0.5, 0.6) is 5.75 Å². The van der Waals surface area contributed by atoms with E-state index in [-0.39, 0.29) is 41.7 Å². The maximum Gasteiger partial charge on any atom is 0.242 e. The summed E-state index contributed by atoms with van der Waals surface area (Å²) in [4.78, 5) is 24.4. The maximum absolute atomic E-state index is 12.4. The summed E-state index contributed by atoms with van der Waals surface area (Å²) in [6, 6.07) is 5.53. The van der Waals surface area contributed by atoms with Crippen molar-refractivity contribution in [1.29, 1.82) is 0 Å². The van der Waals surface area contributed by atoms with E-state index in [0.717, 1.165) is 12.8 Å². The third-order valence-electron chi connectivity index (χ3n) is 5.31. The molecule has 168 valence electrons. The molecule has 1 aliphatic carbocycles. The number of methoxy groups -OCH3 is 1. The number of rotatable bonds is 10. The highest BCUT2D eigenvalue weighted by Gasteiger charge is 2.28. The fourth-order valence-electron chi connectivity index (χ4n) is 3.42. The van der Waals surface area contributed by atoms with Crippen LogP contribution < -0.4 is 20.1 Å². The molecule has 0 radical (unpaired) electrons. The van der Waals surface area contributed by atoms with Crippen LogP contribution in [-0.4, -0.2) is 58.2 Å². The number of nitrogens with one attached hydrogen (secondary N) is 3. The van der Waals surface area contributed by atoms with Gasteiger partial charge in [0.2, 0.25) is 21.8 Å². The van der Waals surface area contributed by atoms with Crippen LogP contribution in [0.4, 0.5) is 0 Å². The Morgan fingerprint density at radius 1 is 1.17 bits per heavy atom. The second kappa shape index (κ2) is 11.3. The van der Waals surface area contributed by atoms with Crippen LogP contribution in [0, 0.1) is 11.8 Å². The quantitative estimate of drug-likeness (QED) is 0.415. The molecule has 1 atom stereocenters. The van der Waals surface area contributed by atoms with E-state index >= 15 is 0 Å². The molecule has 2 rings (SSSR count). The Balaban J connectivity index is 1.77. The number of aliphatic hydroxyl groups is 1. The first-order valence-corrected chi connectivity index (χ1v) is 11.6. The Bertz CT molecular complexity index is 804. The third kappa shape index (κ3) is 6.96. The third-order valence-corrected chi connectivity index (χ3v) is 6.75. The van der Waals surface area contributed by atoms with Crippen LogP contribution in [0.1, 0.15) is 32.6 Å². The fourth-order valence-corrected chi connectivity index (χ4v) is 4.54. The average Bonchev–Trinajstić information content (AvgIpc) is 2.76. The summed E-state index contributed by atoms with van der Waals surface area (Å²) in [5, 5.41) is 14.0. The topological polar surface area (TPSA) is 134 Å². The Kier molecular flexibility index (Phi) is 9.07. The number of benzene rings is 1. The summed E-state index contributed by atoms with van der Waals surface area (Å²) in [5.41, 5.74) is 0. The van der Waals surface area contributed by atoms with Crippen molar-refractivity contribution in [1.82, 2.24) is 15.4 Å². The summed E-state index contributed by atoms with van der Waals surface area (Å²) in [5.74, 6) is 0.0589. The maximum atomic E-state index is 12.4. The second-order valence-electron chi connectivity index (χ2n) is 7.49. The van der Waals surface area contributed by atoms with Gasteiger partial charge < -0.3 is 20.5 Å². The van der Waals surface area contributed by atoms with Gasteiger partial charge in [0.05, 0.1) is 18.6 Å². The predicted octanol–water partition coefficient (Wildman–Crippen LogP) is 0.393. The van der Waals surface area contributed by atoms with Gasteiger partial charge in [-0.05, 0) is 62.8 Å². The molecule has 1 fully saturated rings. The molecule has 0 saturated heterocycles. The Labute approximate surface area is 177 Å². The molecular formula is C20H31N3O6S. The van der Waals surface area contributed by atoms with E-state index < -0.39 is 16.1 Å². The molecule has 30 heavy (non-hydrogen) atoms. The molecule has 1 aromatic rings. The van der Waals surface area contributed by atoms with E-state index in [9.17, 15) is 18.0 Å². The normalized spacial score (nSPS) is 20.2. The largest absolute Gasteiger partial charge is 0.497 e. The zero-order valence-corrected chi connectivity index (χ0v) is 18.2. The predicted molar refractivity (Wildman–Crippen MR) is 111 cm³/mol. The van der Waals surface area contributed by atoms with E-state index in [2.05, 4.69) is 15.4 Å². The molecule has 1 saturated carbocycles. The molecule has 0 unspecified atom stereocenters. The lowest BCUT2D eigenvalue weighted by Crippen LogP contribution is -2.47. The van der Waals surface area contributed by atoms with Crippen molar-refractivity contribution in [3.05, 3.63) is 24.3 Å². The van der Waals surface area contributed by atoms with Crippen molar-refractivity contribution in [3.63, 3.8) is 0 Å². The summed E-state index contributed by atoms with van der Waals surface area (Å²) in [7, 11) is -2.08. The van der Waals surface area contributed by atoms with Gasteiger partial charge in [0.15, 0.2) is 0 Å². The number of hydrogen-bond acceptors (Lipinski definition) is 6. The lowest BCUT2D eigenvalue weighted by atomic mass is 9.81. The zero-order chi connectivity index (χ0) is 22.1. The molecule has 10 heteroatoms. The molecule has 0 aromatic heterocycles. The molecule has 9 nitrogen and oxygen atoms in total. The monoisotopic (exact) mass is 441 g/mol. The highest BCUT2D eigenvalue weighted by Crippen LogP contribution is 2.29. The number of sulfonamides is 1. The van der Waals surface area contributed by atoms with Crippen LogP contribution in [0.25, 0.3) is 0 Å². The van der Waals surface area contributed by atoms with Gasteiger partial charge in [-0.25, -0.2) is 13.1 Å². The molecule has 4 N–H and O–H groups in total. The minimum atomic E-state index is -3.59. The highest BCUT2D eigenvalue weighted by molar-refractivity contribution is 7.89. The first-order valence-electron chi connectivity index (χ1n) is 10.1. The van der Waals surface area contributed by atoms with Crippen molar-refractivity contribution in [2.45, 2.75) is 43.5 Å². The number of aliphatic hydroxyl groups excluding tert-OH is 1. The Hall–Kier alpha value is -2.17. The Morgan fingerprint density at radius 2 is 1.80 bits per heavy atom. The van der Waals surface area contributed by atoms with Crippen LogP contribution in [0.2, 0.25) is 0 Å². The van der Waals surface area contributed by atoms with Gasteiger partial charge in [-0.2, -0.15) is 0 Å². The van der Waals surface area contributed by atoms with Gasteiger partial charge in [0.25, 0.3) is 0 Å². The van der Waals surface area contributed by atoms with E-state index in [1.165, 1.54) is 19.2 Å². The van der Waals surface area contributed by atoms with Crippen LogP contribution in [0.3, 0.4) is 0 Å². The average molecular weight is 442 g/mol. The van der Waals surface area contributed by atoms with E-state index in [1.807, 2.05) is 0 Å². The molecule has 2 amide bonds. The first-order chi connectivity index (χ1) is 14.3. The van der Waals surface area contributed by atoms with Gasteiger partial charge in [-0.15, -0.1) is 0 Å².